The Hall–Kier alpha value is -3.42. The summed E-state index contributed by atoms with van der Waals surface area (Å²) < 4.78 is 21.6. The average molecular weight is 396 g/mol. The zero-order valence-electron chi connectivity index (χ0n) is 16.0. The second-order valence-electron chi connectivity index (χ2n) is 6.84. The molecule has 4 rings (SSSR count). The summed E-state index contributed by atoms with van der Waals surface area (Å²) in [4.78, 5) is 24.9. The lowest BCUT2D eigenvalue weighted by Gasteiger charge is -2.10. The van der Waals surface area contributed by atoms with Gasteiger partial charge in [0.25, 0.3) is 5.56 Å². The fourth-order valence-electron chi connectivity index (χ4n) is 3.38. The number of carbonyl (C=O) groups excluding carboxylic acids is 1. The maximum atomic E-state index is 12.9. The lowest BCUT2D eigenvalue weighted by molar-refractivity contribution is -0.121. The van der Waals surface area contributed by atoms with E-state index in [2.05, 4.69) is 10.4 Å². The normalized spacial score (nSPS) is 11.4. The Morgan fingerprint density at radius 2 is 2.00 bits per heavy atom. The molecule has 0 radical (unpaired) electrons. The van der Waals surface area contributed by atoms with Crippen LogP contribution < -0.4 is 10.9 Å². The molecule has 3 aromatic heterocycles. The maximum absolute atomic E-state index is 12.9. The zero-order chi connectivity index (χ0) is 20.4. The molecule has 0 atom stereocenters. The predicted octanol–water partition coefficient (Wildman–Crippen LogP) is 3.04. The van der Waals surface area contributed by atoms with Gasteiger partial charge in [-0.05, 0) is 24.1 Å². The highest BCUT2D eigenvalue weighted by Gasteiger charge is 2.15. The van der Waals surface area contributed by atoms with Gasteiger partial charge in [-0.25, -0.2) is 9.07 Å². The summed E-state index contributed by atoms with van der Waals surface area (Å²) in [7, 11) is 0. The molecule has 0 saturated heterocycles. The van der Waals surface area contributed by atoms with Crippen LogP contribution in [0.5, 0.6) is 0 Å². The van der Waals surface area contributed by atoms with Crippen LogP contribution in [-0.4, -0.2) is 20.1 Å². The van der Waals surface area contributed by atoms with Crippen molar-refractivity contribution in [3.8, 4) is 0 Å². The lowest BCUT2D eigenvalue weighted by Crippen LogP contribution is -2.28. The Balaban J connectivity index is 1.41. The molecule has 0 saturated carbocycles. The van der Waals surface area contributed by atoms with Gasteiger partial charge in [0.1, 0.15) is 17.2 Å². The van der Waals surface area contributed by atoms with Crippen molar-refractivity contribution < 1.29 is 13.6 Å². The molecule has 29 heavy (non-hydrogen) atoms. The summed E-state index contributed by atoms with van der Waals surface area (Å²) in [6.45, 7) is 2.66. The van der Waals surface area contributed by atoms with E-state index in [0.29, 0.717) is 37.0 Å². The smallest absolute Gasteiger partial charge is 0.291 e. The SMILES string of the molecule is CCc1nn(CCCC(=O)NCc2ccc(F)cc2)c(=O)c2cc3occc3n12. The van der Waals surface area contributed by atoms with E-state index in [1.165, 1.54) is 16.8 Å². The van der Waals surface area contributed by atoms with Crippen LogP contribution in [0.1, 0.15) is 31.2 Å². The van der Waals surface area contributed by atoms with E-state index in [0.717, 1.165) is 16.9 Å². The number of nitrogens with one attached hydrogen (secondary N) is 1. The molecule has 0 aliphatic heterocycles. The van der Waals surface area contributed by atoms with Gasteiger partial charge in [-0.15, -0.1) is 0 Å². The number of fused-ring (bicyclic) bond motifs is 3. The zero-order valence-corrected chi connectivity index (χ0v) is 16.0. The van der Waals surface area contributed by atoms with E-state index in [4.69, 9.17) is 4.42 Å². The number of nitrogens with zero attached hydrogens (tertiary/aromatic N) is 3. The van der Waals surface area contributed by atoms with Crippen LogP contribution in [-0.2, 0) is 24.3 Å². The number of halogens is 1. The monoisotopic (exact) mass is 396 g/mol. The number of furan rings is 1. The summed E-state index contributed by atoms with van der Waals surface area (Å²) >= 11 is 0. The summed E-state index contributed by atoms with van der Waals surface area (Å²) in [6, 6.07) is 9.53. The molecule has 0 unspecified atom stereocenters. The minimum atomic E-state index is -0.308. The van der Waals surface area contributed by atoms with Gasteiger partial charge < -0.3 is 9.73 Å². The first-order valence-electron chi connectivity index (χ1n) is 9.56. The van der Waals surface area contributed by atoms with Crippen LogP contribution in [0, 0.1) is 5.82 Å². The van der Waals surface area contributed by atoms with Crippen molar-refractivity contribution in [3.63, 3.8) is 0 Å². The van der Waals surface area contributed by atoms with Gasteiger partial charge in [0.05, 0.1) is 11.8 Å². The number of aromatic nitrogens is 3. The van der Waals surface area contributed by atoms with Crippen molar-refractivity contribution in [1.29, 1.82) is 0 Å². The molecule has 0 aliphatic rings. The third-order valence-corrected chi connectivity index (χ3v) is 4.86. The van der Waals surface area contributed by atoms with Crippen molar-refractivity contribution in [2.24, 2.45) is 0 Å². The van der Waals surface area contributed by atoms with Crippen molar-refractivity contribution in [2.75, 3.05) is 0 Å². The van der Waals surface area contributed by atoms with E-state index in [9.17, 15) is 14.0 Å². The number of benzene rings is 1. The minimum Gasteiger partial charge on any atom is -0.463 e. The first-order valence-corrected chi connectivity index (χ1v) is 9.56. The van der Waals surface area contributed by atoms with Gasteiger partial charge >= 0.3 is 0 Å². The van der Waals surface area contributed by atoms with Gasteiger partial charge in [0.2, 0.25) is 5.91 Å². The Bertz CT molecular complexity index is 1220. The number of carbonyl (C=O) groups is 1. The third-order valence-electron chi connectivity index (χ3n) is 4.86. The molecule has 1 aromatic carbocycles. The molecule has 7 nitrogen and oxygen atoms in total. The van der Waals surface area contributed by atoms with Crippen molar-refractivity contribution in [3.05, 3.63) is 70.2 Å². The first kappa shape index (κ1) is 18.9. The maximum Gasteiger partial charge on any atom is 0.291 e. The van der Waals surface area contributed by atoms with Crippen LogP contribution in [0.3, 0.4) is 0 Å². The first-order chi connectivity index (χ1) is 14.1. The predicted molar refractivity (Wildman–Crippen MR) is 106 cm³/mol. The lowest BCUT2D eigenvalue weighted by atomic mass is 10.2. The topological polar surface area (TPSA) is 81.5 Å². The second-order valence-corrected chi connectivity index (χ2v) is 6.84. The van der Waals surface area contributed by atoms with Crippen LogP contribution >= 0.6 is 0 Å². The highest BCUT2D eigenvalue weighted by molar-refractivity contribution is 5.82. The van der Waals surface area contributed by atoms with E-state index < -0.39 is 0 Å². The number of rotatable bonds is 7. The van der Waals surface area contributed by atoms with Crippen LogP contribution in [0.2, 0.25) is 0 Å². The largest absolute Gasteiger partial charge is 0.463 e. The molecular weight excluding hydrogens is 375 g/mol. The van der Waals surface area contributed by atoms with E-state index in [-0.39, 0.29) is 23.7 Å². The molecule has 4 aromatic rings. The van der Waals surface area contributed by atoms with Crippen LogP contribution in [0.15, 0.2) is 51.9 Å². The van der Waals surface area contributed by atoms with Gasteiger partial charge in [0.15, 0.2) is 5.58 Å². The van der Waals surface area contributed by atoms with E-state index in [1.807, 2.05) is 17.4 Å². The highest BCUT2D eigenvalue weighted by Crippen LogP contribution is 2.20. The molecular formula is C21H21FN4O3. The van der Waals surface area contributed by atoms with Gasteiger partial charge in [-0.3, -0.25) is 14.0 Å². The third kappa shape index (κ3) is 3.78. The van der Waals surface area contributed by atoms with Crippen LogP contribution in [0.25, 0.3) is 16.6 Å². The minimum absolute atomic E-state index is 0.126. The second kappa shape index (κ2) is 7.90. The van der Waals surface area contributed by atoms with Gasteiger partial charge in [0, 0.05) is 38.1 Å². The number of amides is 1. The number of hydrogen-bond acceptors (Lipinski definition) is 4. The van der Waals surface area contributed by atoms with Crippen LogP contribution in [0.4, 0.5) is 4.39 Å². The molecule has 0 fully saturated rings. The number of hydrogen-bond donors (Lipinski definition) is 1. The average Bonchev–Trinajstić information content (AvgIpc) is 3.31. The Morgan fingerprint density at radius 1 is 1.21 bits per heavy atom. The van der Waals surface area contributed by atoms with E-state index >= 15 is 0 Å². The number of aryl methyl sites for hydroxylation is 2. The molecule has 1 N–H and O–H groups in total. The van der Waals surface area contributed by atoms with Gasteiger partial charge in [-0.1, -0.05) is 19.1 Å². The van der Waals surface area contributed by atoms with Crippen molar-refractivity contribution in [1.82, 2.24) is 19.5 Å². The molecule has 0 bridgehead atoms. The van der Waals surface area contributed by atoms with Gasteiger partial charge in [-0.2, -0.15) is 5.10 Å². The molecule has 0 spiro atoms. The fraction of sp³-hybridized carbons (Fsp3) is 0.286. The molecule has 150 valence electrons. The molecule has 1 amide bonds. The Morgan fingerprint density at radius 3 is 2.76 bits per heavy atom. The fourth-order valence-corrected chi connectivity index (χ4v) is 3.38. The van der Waals surface area contributed by atoms with E-state index in [1.54, 1.807) is 24.5 Å². The molecule has 3 heterocycles. The molecule has 8 heteroatoms. The summed E-state index contributed by atoms with van der Waals surface area (Å²) in [5, 5.41) is 7.28. The molecule has 0 aliphatic carbocycles. The summed E-state index contributed by atoms with van der Waals surface area (Å²) in [6.07, 6.45) is 3.00. The van der Waals surface area contributed by atoms with Crippen molar-refractivity contribution >= 4 is 22.5 Å². The highest BCUT2D eigenvalue weighted by atomic mass is 19.1. The summed E-state index contributed by atoms with van der Waals surface area (Å²) in [5.41, 5.74) is 2.62. The quantitative estimate of drug-likeness (QED) is 0.521. The summed E-state index contributed by atoms with van der Waals surface area (Å²) in [5.74, 6) is 0.327. The Labute approximate surface area is 165 Å². The van der Waals surface area contributed by atoms with Crippen molar-refractivity contribution in [2.45, 2.75) is 39.3 Å². The standard InChI is InChI=1S/C21H21FN4O3/c1-2-19-24-25(21(28)17-12-18-16(26(17)19)9-11-29-18)10-3-4-20(27)23-13-14-5-7-15(22)8-6-14/h5-9,11-12H,2-4,10,13H2,1H3,(H,23,27). The Kier molecular flexibility index (Phi) is 5.16.